The first-order valence-corrected chi connectivity index (χ1v) is 7.71. The molecule has 7 nitrogen and oxygen atoms in total. The van der Waals surface area contributed by atoms with Gasteiger partial charge in [-0.3, -0.25) is 10.1 Å². The number of benzene rings is 1. The third kappa shape index (κ3) is 3.26. The van der Waals surface area contributed by atoms with Gasteiger partial charge in [-0.15, -0.1) is 0 Å². The molecule has 0 saturated carbocycles. The number of nitro benzene ring substituents is 1. The molecule has 0 bridgehead atoms. The van der Waals surface area contributed by atoms with Crippen molar-refractivity contribution < 1.29 is 13.3 Å². The molecule has 0 spiro atoms. The number of sulfonamides is 1. The molecule has 0 amide bonds. The van der Waals surface area contributed by atoms with Crippen molar-refractivity contribution in [2.24, 2.45) is 0 Å². The van der Waals surface area contributed by atoms with E-state index < -0.39 is 14.9 Å². The number of nitro groups is 1. The van der Waals surface area contributed by atoms with Gasteiger partial charge in [0.15, 0.2) is 0 Å². The molecule has 0 aliphatic carbocycles. The summed E-state index contributed by atoms with van der Waals surface area (Å²) < 4.78 is 26.5. The van der Waals surface area contributed by atoms with Gasteiger partial charge < -0.3 is 5.73 Å². The lowest BCUT2D eigenvalue weighted by atomic mass is 10.3. The van der Waals surface area contributed by atoms with Gasteiger partial charge in [0.25, 0.3) is 5.69 Å². The maximum atomic E-state index is 12.6. The SMILES string of the molecule is CCCN(C(C)C)S(=O)(=O)c1cc([N+](=O)[O-])ccc1N. The van der Waals surface area contributed by atoms with Gasteiger partial charge in [-0.25, -0.2) is 8.42 Å². The second-order valence-electron chi connectivity index (χ2n) is 4.69. The van der Waals surface area contributed by atoms with Crippen molar-refractivity contribution in [3.63, 3.8) is 0 Å². The number of hydrogen-bond acceptors (Lipinski definition) is 5. The van der Waals surface area contributed by atoms with Gasteiger partial charge in [-0.1, -0.05) is 6.92 Å². The molecule has 1 rings (SSSR count). The quantitative estimate of drug-likeness (QED) is 0.491. The summed E-state index contributed by atoms with van der Waals surface area (Å²) in [7, 11) is -3.85. The Balaban J connectivity index is 3.40. The number of hydrogen-bond donors (Lipinski definition) is 1. The Hall–Kier alpha value is -1.67. The summed E-state index contributed by atoms with van der Waals surface area (Å²) in [6.07, 6.45) is 0.645. The summed E-state index contributed by atoms with van der Waals surface area (Å²) in [6, 6.07) is 3.19. The minimum atomic E-state index is -3.85. The summed E-state index contributed by atoms with van der Waals surface area (Å²) in [6.45, 7) is 5.70. The van der Waals surface area contributed by atoms with Gasteiger partial charge in [-0.2, -0.15) is 4.31 Å². The monoisotopic (exact) mass is 301 g/mol. The molecule has 20 heavy (non-hydrogen) atoms. The molecule has 0 aliphatic heterocycles. The summed E-state index contributed by atoms with van der Waals surface area (Å²) in [5.41, 5.74) is 5.40. The molecule has 0 fully saturated rings. The fourth-order valence-electron chi connectivity index (χ4n) is 1.86. The molecule has 8 heteroatoms. The van der Waals surface area contributed by atoms with Crippen molar-refractivity contribution in [2.45, 2.75) is 38.1 Å². The van der Waals surface area contributed by atoms with E-state index in [2.05, 4.69) is 0 Å². The standard InChI is InChI=1S/C12H19N3O4S/c1-4-7-14(9(2)3)20(18,19)12-8-10(15(16)17)5-6-11(12)13/h5-6,8-9H,4,7,13H2,1-3H3. The maximum absolute atomic E-state index is 12.6. The number of nitrogens with zero attached hydrogens (tertiary/aromatic N) is 2. The second kappa shape index (κ2) is 6.19. The van der Waals surface area contributed by atoms with Crippen molar-refractivity contribution in [1.82, 2.24) is 4.31 Å². The van der Waals surface area contributed by atoms with Crippen molar-refractivity contribution in [1.29, 1.82) is 0 Å². The van der Waals surface area contributed by atoms with Crippen LogP contribution in [0.4, 0.5) is 11.4 Å². The summed E-state index contributed by atoms with van der Waals surface area (Å²) in [5.74, 6) is 0. The molecule has 0 radical (unpaired) electrons. The van der Waals surface area contributed by atoms with Crippen molar-refractivity contribution in [3.8, 4) is 0 Å². The maximum Gasteiger partial charge on any atom is 0.270 e. The zero-order valence-electron chi connectivity index (χ0n) is 11.7. The Morgan fingerprint density at radius 3 is 2.45 bits per heavy atom. The van der Waals surface area contributed by atoms with Crippen molar-refractivity contribution in [3.05, 3.63) is 28.3 Å². The topological polar surface area (TPSA) is 107 Å². The van der Waals surface area contributed by atoms with Crippen LogP contribution in [0, 0.1) is 10.1 Å². The highest BCUT2D eigenvalue weighted by molar-refractivity contribution is 7.89. The van der Waals surface area contributed by atoms with Gasteiger partial charge in [-0.05, 0) is 26.3 Å². The van der Waals surface area contributed by atoms with Crippen molar-refractivity contribution in [2.75, 3.05) is 12.3 Å². The minimum absolute atomic E-state index is 0.0114. The highest BCUT2D eigenvalue weighted by atomic mass is 32.2. The number of anilines is 1. The number of nitrogens with two attached hydrogens (primary N) is 1. The van der Waals surface area contributed by atoms with E-state index in [1.807, 2.05) is 6.92 Å². The largest absolute Gasteiger partial charge is 0.398 e. The predicted octanol–water partition coefficient (Wildman–Crippen LogP) is 1.99. The van der Waals surface area contributed by atoms with E-state index in [1.165, 1.54) is 16.4 Å². The molecule has 0 aromatic heterocycles. The van der Waals surface area contributed by atoms with Crippen LogP contribution < -0.4 is 5.73 Å². The van der Waals surface area contributed by atoms with Crippen LogP contribution in [0.25, 0.3) is 0 Å². The Kier molecular flexibility index (Phi) is 5.07. The Bertz CT molecular complexity index is 599. The fourth-order valence-corrected chi connectivity index (χ4v) is 3.73. The van der Waals surface area contributed by atoms with Crippen LogP contribution in [0.5, 0.6) is 0 Å². The van der Waals surface area contributed by atoms with E-state index in [4.69, 9.17) is 5.73 Å². The molecule has 0 saturated heterocycles. The summed E-state index contributed by atoms with van der Waals surface area (Å²) in [4.78, 5) is 9.92. The van der Waals surface area contributed by atoms with E-state index in [1.54, 1.807) is 13.8 Å². The van der Waals surface area contributed by atoms with E-state index in [0.29, 0.717) is 13.0 Å². The average molecular weight is 301 g/mol. The number of non-ortho nitro benzene ring substituents is 1. The molecular weight excluding hydrogens is 282 g/mol. The Morgan fingerprint density at radius 1 is 1.40 bits per heavy atom. The highest BCUT2D eigenvalue weighted by Gasteiger charge is 2.29. The van der Waals surface area contributed by atoms with E-state index in [0.717, 1.165) is 6.07 Å². The molecule has 0 aliphatic rings. The summed E-state index contributed by atoms with van der Waals surface area (Å²) in [5, 5.41) is 10.8. The van der Waals surface area contributed by atoms with Gasteiger partial charge in [0.05, 0.1) is 10.6 Å². The zero-order valence-corrected chi connectivity index (χ0v) is 12.6. The zero-order chi connectivity index (χ0) is 15.5. The van der Waals surface area contributed by atoms with Crippen LogP contribution in [0.15, 0.2) is 23.1 Å². The molecule has 1 aromatic carbocycles. The minimum Gasteiger partial charge on any atom is -0.398 e. The molecule has 0 unspecified atom stereocenters. The molecule has 1 aromatic rings. The van der Waals surface area contributed by atoms with E-state index >= 15 is 0 Å². The fraction of sp³-hybridized carbons (Fsp3) is 0.500. The number of rotatable bonds is 6. The normalized spacial score (nSPS) is 12.1. The molecule has 112 valence electrons. The first-order chi connectivity index (χ1) is 9.21. The predicted molar refractivity (Wildman–Crippen MR) is 76.8 cm³/mol. The van der Waals surface area contributed by atoms with Crippen LogP contribution in [-0.2, 0) is 10.0 Å². The summed E-state index contributed by atoms with van der Waals surface area (Å²) >= 11 is 0. The van der Waals surface area contributed by atoms with Crippen molar-refractivity contribution >= 4 is 21.4 Å². The smallest absolute Gasteiger partial charge is 0.270 e. The van der Waals surface area contributed by atoms with Crippen LogP contribution in [-0.4, -0.2) is 30.2 Å². The first-order valence-electron chi connectivity index (χ1n) is 6.27. The number of nitrogen functional groups attached to an aromatic ring is 1. The van der Waals surface area contributed by atoms with E-state index in [9.17, 15) is 18.5 Å². The molecule has 2 N–H and O–H groups in total. The second-order valence-corrected chi connectivity index (χ2v) is 6.55. The lowest BCUT2D eigenvalue weighted by Gasteiger charge is -2.25. The molecule has 0 atom stereocenters. The van der Waals surface area contributed by atoms with Crippen LogP contribution >= 0.6 is 0 Å². The van der Waals surface area contributed by atoms with Gasteiger partial charge in [0.2, 0.25) is 10.0 Å². The molecule has 0 heterocycles. The van der Waals surface area contributed by atoms with Gasteiger partial charge in [0.1, 0.15) is 4.90 Å². The lowest BCUT2D eigenvalue weighted by Crippen LogP contribution is -2.37. The van der Waals surface area contributed by atoms with Crippen LogP contribution in [0.2, 0.25) is 0 Å². The molecular formula is C12H19N3O4S. The van der Waals surface area contributed by atoms with Crippen LogP contribution in [0.3, 0.4) is 0 Å². The third-order valence-corrected chi connectivity index (χ3v) is 4.95. The average Bonchev–Trinajstić information content (AvgIpc) is 2.35. The first kappa shape index (κ1) is 16.4. The lowest BCUT2D eigenvalue weighted by molar-refractivity contribution is -0.385. The third-order valence-electron chi connectivity index (χ3n) is 2.81. The van der Waals surface area contributed by atoms with Gasteiger partial charge in [0, 0.05) is 24.7 Å². The van der Waals surface area contributed by atoms with E-state index in [-0.39, 0.29) is 22.3 Å². The van der Waals surface area contributed by atoms with Gasteiger partial charge >= 0.3 is 0 Å². The Morgan fingerprint density at radius 2 is 2.00 bits per heavy atom. The van der Waals surface area contributed by atoms with Crippen LogP contribution in [0.1, 0.15) is 27.2 Å². The Labute approximate surface area is 118 Å². The highest BCUT2D eigenvalue weighted by Crippen LogP contribution is 2.28.